The molecule has 0 bridgehead atoms. The molecule has 5 heteroatoms. The van der Waals surface area contributed by atoms with Crippen LogP contribution in [0.25, 0.3) is 0 Å². The first-order valence-electron chi connectivity index (χ1n) is 8.59. The molecule has 1 aromatic rings. The smallest absolute Gasteiger partial charge is 0.220 e. The minimum absolute atomic E-state index is 0.158. The van der Waals surface area contributed by atoms with Gasteiger partial charge in [0, 0.05) is 43.4 Å². The van der Waals surface area contributed by atoms with E-state index in [1.54, 1.807) is 0 Å². The lowest BCUT2D eigenvalue weighted by molar-refractivity contribution is -0.121. The first-order valence-corrected chi connectivity index (χ1v) is 8.97. The number of nitrogens with zero attached hydrogens (tertiary/aromatic N) is 1. The summed E-state index contributed by atoms with van der Waals surface area (Å²) in [5.74, 6) is 0.683. The molecular formula is C18H25ClN2O2. The molecule has 1 amide bonds. The molecule has 4 nitrogen and oxygen atoms in total. The van der Waals surface area contributed by atoms with Gasteiger partial charge < -0.3 is 15.0 Å². The third-order valence-corrected chi connectivity index (χ3v) is 5.03. The molecule has 2 saturated heterocycles. The Hall–Kier alpha value is -1.26. The molecule has 3 rings (SSSR count). The summed E-state index contributed by atoms with van der Waals surface area (Å²) in [6.07, 6.45) is 5.09. The largest absolute Gasteiger partial charge is 0.378 e. The van der Waals surface area contributed by atoms with E-state index in [0.717, 1.165) is 56.9 Å². The van der Waals surface area contributed by atoms with Crippen LogP contribution in [-0.4, -0.2) is 38.3 Å². The van der Waals surface area contributed by atoms with Crippen LogP contribution in [0.15, 0.2) is 24.3 Å². The fourth-order valence-electron chi connectivity index (χ4n) is 3.40. The fraction of sp³-hybridized carbons (Fsp3) is 0.611. The van der Waals surface area contributed by atoms with Gasteiger partial charge in [0.25, 0.3) is 0 Å². The Morgan fingerprint density at radius 1 is 1.30 bits per heavy atom. The number of rotatable bonds is 6. The number of nitrogens with one attached hydrogen (secondary N) is 1. The van der Waals surface area contributed by atoms with E-state index in [2.05, 4.69) is 22.3 Å². The van der Waals surface area contributed by atoms with Crippen LogP contribution < -0.4 is 10.2 Å². The molecule has 0 radical (unpaired) electrons. The molecule has 2 heterocycles. The molecule has 2 atom stereocenters. The van der Waals surface area contributed by atoms with Gasteiger partial charge in [-0.2, -0.15) is 0 Å². The lowest BCUT2D eigenvalue weighted by Crippen LogP contribution is -2.31. The Kier molecular flexibility index (Phi) is 5.79. The molecule has 1 aromatic carbocycles. The molecule has 0 saturated carbocycles. The molecular weight excluding hydrogens is 312 g/mol. The molecule has 2 aliphatic rings. The lowest BCUT2D eigenvalue weighted by Gasteiger charge is -2.19. The van der Waals surface area contributed by atoms with Gasteiger partial charge in [-0.25, -0.2) is 0 Å². The summed E-state index contributed by atoms with van der Waals surface area (Å²) < 4.78 is 5.56. The Balaban J connectivity index is 1.36. The minimum atomic E-state index is 0.158. The van der Waals surface area contributed by atoms with Crippen LogP contribution >= 0.6 is 11.6 Å². The molecule has 2 fully saturated rings. The standard InChI is InChI=1S/C18H25ClN2O2/c19-15-3-5-16(6-4-15)21-10-9-14(13-21)12-20-18(22)8-7-17-2-1-11-23-17/h3-6,14,17H,1-2,7-13H2,(H,20,22). The van der Waals surface area contributed by atoms with E-state index in [1.807, 2.05) is 12.1 Å². The average Bonchev–Trinajstić information content (AvgIpc) is 3.23. The van der Waals surface area contributed by atoms with Crippen LogP contribution in [-0.2, 0) is 9.53 Å². The number of hydrogen-bond donors (Lipinski definition) is 1. The maximum Gasteiger partial charge on any atom is 0.220 e. The zero-order valence-corrected chi connectivity index (χ0v) is 14.2. The van der Waals surface area contributed by atoms with Gasteiger partial charge in [-0.05, 0) is 55.9 Å². The van der Waals surface area contributed by atoms with Crippen molar-refractivity contribution < 1.29 is 9.53 Å². The van der Waals surface area contributed by atoms with Gasteiger partial charge in [-0.15, -0.1) is 0 Å². The molecule has 0 aliphatic carbocycles. The highest BCUT2D eigenvalue weighted by atomic mass is 35.5. The van der Waals surface area contributed by atoms with Crippen LogP contribution in [0.2, 0.25) is 5.02 Å². The van der Waals surface area contributed by atoms with Crippen molar-refractivity contribution in [3.63, 3.8) is 0 Å². The summed E-state index contributed by atoms with van der Waals surface area (Å²) in [6, 6.07) is 7.98. The number of ether oxygens (including phenoxy) is 1. The van der Waals surface area contributed by atoms with Crippen molar-refractivity contribution in [2.45, 2.75) is 38.2 Å². The van der Waals surface area contributed by atoms with E-state index in [-0.39, 0.29) is 5.91 Å². The molecule has 1 N–H and O–H groups in total. The first kappa shape index (κ1) is 16.6. The number of carbonyl (C=O) groups excluding carboxylic acids is 1. The van der Waals surface area contributed by atoms with E-state index in [0.29, 0.717) is 18.4 Å². The van der Waals surface area contributed by atoms with Gasteiger partial charge >= 0.3 is 0 Å². The van der Waals surface area contributed by atoms with Gasteiger partial charge in [-0.3, -0.25) is 4.79 Å². The van der Waals surface area contributed by atoms with E-state index in [9.17, 15) is 4.79 Å². The Bertz CT molecular complexity index is 514. The van der Waals surface area contributed by atoms with E-state index < -0.39 is 0 Å². The molecule has 2 unspecified atom stereocenters. The minimum Gasteiger partial charge on any atom is -0.378 e. The summed E-state index contributed by atoms with van der Waals surface area (Å²) in [6.45, 7) is 3.66. The van der Waals surface area contributed by atoms with Gasteiger partial charge in [0.05, 0.1) is 6.10 Å². The van der Waals surface area contributed by atoms with E-state index in [4.69, 9.17) is 16.3 Å². The van der Waals surface area contributed by atoms with Crippen LogP contribution in [0.1, 0.15) is 32.1 Å². The number of benzene rings is 1. The average molecular weight is 337 g/mol. The maximum atomic E-state index is 12.0. The summed E-state index contributed by atoms with van der Waals surface area (Å²) in [4.78, 5) is 14.3. The van der Waals surface area contributed by atoms with Gasteiger partial charge in [-0.1, -0.05) is 11.6 Å². The third-order valence-electron chi connectivity index (χ3n) is 4.78. The quantitative estimate of drug-likeness (QED) is 0.867. The Morgan fingerprint density at radius 2 is 2.13 bits per heavy atom. The third kappa shape index (κ3) is 4.85. The summed E-state index contributed by atoms with van der Waals surface area (Å²) >= 11 is 5.93. The zero-order chi connectivity index (χ0) is 16.1. The van der Waals surface area contributed by atoms with Crippen LogP contribution in [0.4, 0.5) is 5.69 Å². The molecule has 23 heavy (non-hydrogen) atoms. The highest BCUT2D eigenvalue weighted by molar-refractivity contribution is 6.30. The van der Waals surface area contributed by atoms with E-state index in [1.165, 1.54) is 5.69 Å². The zero-order valence-electron chi connectivity index (χ0n) is 13.5. The van der Waals surface area contributed by atoms with Crippen LogP contribution in [0.5, 0.6) is 0 Å². The van der Waals surface area contributed by atoms with Crippen molar-refractivity contribution in [1.82, 2.24) is 5.32 Å². The Labute approximate surface area is 143 Å². The van der Waals surface area contributed by atoms with Gasteiger partial charge in [0.15, 0.2) is 0 Å². The summed E-state index contributed by atoms with van der Waals surface area (Å²) in [5.41, 5.74) is 1.21. The van der Waals surface area contributed by atoms with Crippen molar-refractivity contribution in [3.8, 4) is 0 Å². The van der Waals surface area contributed by atoms with Crippen LogP contribution in [0.3, 0.4) is 0 Å². The maximum absolute atomic E-state index is 12.0. The van der Waals surface area contributed by atoms with Crippen molar-refractivity contribution >= 4 is 23.2 Å². The highest BCUT2D eigenvalue weighted by Crippen LogP contribution is 2.25. The number of hydrogen-bond acceptors (Lipinski definition) is 3. The number of anilines is 1. The monoisotopic (exact) mass is 336 g/mol. The SMILES string of the molecule is O=C(CCC1CCCO1)NCC1CCN(c2ccc(Cl)cc2)C1. The van der Waals surface area contributed by atoms with Crippen molar-refractivity contribution in [2.75, 3.05) is 31.1 Å². The van der Waals surface area contributed by atoms with Crippen LogP contribution in [0, 0.1) is 5.92 Å². The topological polar surface area (TPSA) is 41.6 Å². The Morgan fingerprint density at radius 3 is 2.87 bits per heavy atom. The summed E-state index contributed by atoms with van der Waals surface area (Å²) in [5, 5.41) is 3.85. The normalized spacial score (nSPS) is 24.1. The summed E-state index contributed by atoms with van der Waals surface area (Å²) in [7, 11) is 0. The second-order valence-electron chi connectivity index (χ2n) is 6.55. The number of carbonyl (C=O) groups is 1. The van der Waals surface area contributed by atoms with Gasteiger partial charge in [0.1, 0.15) is 0 Å². The predicted molar refractivity (Wildman–Crippen MR) is 93.0 cm³/mol. The molecule has 2 aliphatic heterocycles. The van der Waals surface area contributed by atoms with Crippen molar-refractivity contribution in [2.24, 2.45) is 5.92 Å². The second-order valence-corrected chi connectivity index (χ2v) is 6.99. The van der Waals surface area contributed by atoms with Crippen molar-refractivity contribution in [1.29, 1.82) is 0 Å². The number of amides is 1. The van der Waals surface area contributed by atoms with Gasteiger partial charge in [0.2, 0.25) is 5.91 Å². The number of halogens is 1. The predicted octanol–water partition coefficient (Wildman–Crippen LogP) is 3.24. The first-order chi connectivity index (χ1) is 11.2. The van der Waals surface area contributed by atoms with E-state index >= 15 is 0 Å². The fourth-order valence-corrected chi connectivity index (χ4v) is 3.52. The van der Waals surface area contributed by atoms with Crippen molar-refractivity contribution in [3.05, 3.63) is 29.3 Å². The lowest BCUT2D eigenvalue weighted by atomic mass is 10.1. The molecule has 0 aromatic heterocycles. The molecule has 0 spiro atoms. The highest BCUT2D eigenvalue weighted by Gasteiger charge is 2.23. The second kappa shape index (κ2) is 8.02. The molecule has 126 valence electrons.